The summed E-state index contributed by atoms with van der Waals surface area (Å²) in [5.74, 6) is 0. The molecule has 12 aromatic rings. The molecule has 0 saturated carbocycles. The number of para-hydroxylation sites is 1. The Labute approximate surface area is 404 Å². The van der Waals surface area contributed by atoms with Gasteiger partial charge in [0.25, 0.3) is 0 Å². The van der Waals surface area contributed by atoms with E-state index in [0.717, 1.165) is 22.6 Å². The lowest BCUT2D eigenvalue weighted by molar-refractivity contribution is 0.660. The van der Waals surface area contributed by atoms with Crippen LogP contribution in [-0.4, -0.2) is 9.55 Å². The number of anilines is 3. The Morgan fingerprint density at radius 3 is 1.61 bits per heavy atom. The van der Waals surface area contributed by atoms with E-state index in [-0.39, 0.29) is 5.41 Å². The van der Waals surface area contributed by atoms with E-state index in [1.165, 1.54) is 110 Å². The van der Waals surface area contributed by atoms with E-state index < -0.39 is 5.41 Å². The number of aromatic nitrogens is 2. The van der Waals surface area contributed by atoms with Gasteiger partial charge in [0.05, 0.1) is 32.2 Å². The van der Waals surface area contributed by atoms with Crippen LogP contribution in [0.3, 0.4) is 0 Å². The average Bonchev–Trinajstić information content (AvgIpc) is 4.19. The Hall–Kier alpha value is -8.31. The molecule has 0 amide bonds. The summed E-state index contributed by atoms with van der Waals surface area (Å²) in [6, 6.07) is 82.0. The van der Waals surface area contributed by atoms with Crippen molar-refractivity contribution in [3.8, 4) is 50.2 Å². The Kier molecular flexibility index (Phi) is 7.93. The van der Waals surface area contributed by atoms with E-state index in [0.29, 0.717) is 0 Å². The van der Waals surface area contributed by atoms with Gasteiger partial charge in [-0.1, -0.05) is 166 Å². The molecule has 0 unspecified atom stereocenters. The molecule has 10 aromatic carbocycles. The first-order valence-corrected chi connectivity index (χ1v) is 24.8. The van der Waals surface area contributed by atoms with Crippen LogP contribution < -0.4 is 4.90 Å². The fourth-order valence-corrected chi connectivity index (χ4v) is 13.4. The van der Waals surface area contributed by atoms with E-state index >= 15 is 0 Å². The highest BCUT2D eigenvalue weighted by molar-refractivity contribution is 7.16. The summed E-state index contributed by atoms with van der Waals surface area (Å²) in [6.07, 6.45) is 0. The molecule has 0 bridgehead atoms. The standard InChI is InChI=1S/C65H43N3S/c1-64(2)57-34-43(28-31-49(57)50-32-30-45(35-58(50)64)68-61-23-13-9-19-52(61)53-37-60-63(38-62(53)68)69-39-66-60)67(42-26-24-41(25-27-42)40-14-4-3-5-15-40)44-29-33-51-48-18-8-12-22-56(48)65(59(51)36-44)54-20-10-6-16-46(54)47-17-7-11-21-55(47)65/h3-39H,1-2H3. The third-order valence-corrected chi connectivity index (χ3v) is 16.5. The average molecular weight is 898 g/mol. The van der Waals surface area contributed by atoms with Gasteiger partial charge in [-0.05, 0) is 145 Å². The summed E-state index contributed by atoms with van der Waals surface area (Å²) >= 11 is 1.70. The van der Waals surface area contributed by atoms with Crippen LogP contribution in [0.25, 0.3) is 82.2 Å². The molecule has 324 valence electrons. The van der Waals surface area contributed by atoms with Crippen molar-refractivity contribution in [2.24, 2.45) is 0 Å². The largest absolute Gasteiger partial charge is 0.310 e. The van der Waals surface area contributed by atoms with E-state index in [1.807, 2.05) is 5.51 Å². The molecule has 69 heavy (non-hydrogen) atoms. The first-order valence-electron chi connectivity index (χ1n) is 23.9. The van der Waals surface area contributed by atoms with Crippen molar-refractivity contribution in [2.75, 3.05) is 4.90 Å². The van der Waals surface area contributed by atoms with Gasteiger partial charge in [-0.15, -0.1) is 11.3 Å². The minimum absolute atomic E-state index is 0.274. The number of rotatable bonds is 5. The number of hydrogen-bond acceptors (Lipinski definition) is 3. The lowest BCUT2D eigenvalue weighted by atomic mass is 9.70. The third kappa shape index (κ3) is 5.24. The van der Waals surface area contributed by atoms with E-state index in [2.05, 4.69) is 247 Å². The maximum absolute atomic E-state index is 4.68. The fourth-order valence-electron chi connectivity index (χ4n) is 12.7. The molecule has 3 nitrogen and oxygen atoms in total. The quantitative estimate of drug-likeness (QED) is 0.172. The molecule has 3 aliphatic carbocycles. The number of hydrogen-bond donors (Lipinski definition) is 0. The summed E-state index contributed by atoms with van der Waals surface area (Å²) in [6.45, 7) is 4.81. The van der Waals surface area contributed by atoms with Crippen LogP contribution in [0, 0.1) is 0 Å². The molecule has 0 radical (unpaired) electrons. The number of nitrogens with zero attached hydrogens (tertiary/aromatic N) is 3. The Morgan fingerprint density at radius 1 is 0.406 bits per heavy atom. The van der Waals surface area contributed by atoms with Crippen molar-refractivity contribution in [1.82, 2.24) is 9.55 Å². The predicted molar refractivity (Wildman–Crippen MR) is 288 cm³/mol. The zero-order valence-corrected chi connectivity index (χ0v) is 38.9. The van der Waals surface area contributed by atoms with Gasteiger partial charge in [-0.2, -0.15) is 0 Å². The van der Waals surface area contributed by atoms with E-state index in [1.54, 1.807) is 11.3 Å². The van der Waals surface area contributed by atoms with Crippen LogP contribution in [0.1, 0.15) is 47.2 Å². The molecular formula is C65H43N3S. The lowest BCUT2D eigenvalue weighted by Gasteiger charge is -2.32. The summed E-state index contributed by atoms with van der Waals surface area (Å²) in [5.41, 5.74) is 27.5. The van der Waals surface area contributed by atoms with E-state index in [9.17, 15) is 0 Å². The third-order valence-electron chi connectivity index (χ3n) is 15.8. The zero-order chi connectivity index (χ0) is 45.6. The van der Waals surface area contributed by atoms with Gasteiger partial charge in [0.15, 0.2) is 0 Å². The van der Waals surface area contributed by atoms with Gasteiger partial charge < -0.3 is 9.47 Å². The highest BCUT2D eigenvalue weighted by Crippen LogP contribution is 2.63. The fraction of sp³-hybridized carbons (Fsp3) is 0.0615. The van der Waals surface area contributed by atoms with Crippen LogP contribution in [-0.2, 0) is 10.8 Å². The van der Waals surface area contributed by atoms with Crippen molar-refractivity contribution >= 4 is 60.4 Å². The highest BCUT2D eigenvalue weighted by atomic mass is 32.1. The van der Waals surface area contributed by atoms with Gasteiger partial charge >= 0.3 is 0 Å². The van der Waals surface area contributed by atoms with Gasteiger partial charge in [0, 0.05) is 38.9 Å². The van der Waals surface area contributed by atoms with Gasteiger partial charge in [0.1, 0.15) is 0 Å². The van der Waals surface area contributed by atoms with Crippen LogP contribution in [0.5, 0.6) is 0 Å². The topological polar surface area (TPSA) is 21.1 Å². The Morgan fingerprint density at radius 2 is 0.928 bits per heavy atom. The molecule has 1 spiro atoms. The second kappa shape index (κ2) is 14.1. The molecule has 15 rings (SSSR count). The van der Waals surface area contributed by atoms with Crippen molar-refractivity contribution < 1.29 is 0 Å². The van der Waals surface area contributed by atoms with Gasteiger partial charge in [0.2, 0.25) is 0 Å². The van der Waals surface area contributed by atoms with Crippen molar-refractivity contribution in [3.05, 3.63) is 257 Å². The number of benzene rings is 10. The smallest absolute Gasteiger partial charge is 0.0819 e. The normalized spacial score (nSPS) is 14.2. The minimum Gasteiger partial charge on any atom is -0.310 e. The Bertz CT molecular complexity index is 4050. The van der Waals surface area contributed by atoms with Crippen molar-refractivity contribution in [1.29, 1.82) is 0 Å². The van der Waals surface area contributed by atoms with Gasteiger partial charge in [-0.3, -0.25) is 0 Å². The second-order valence-corrected chi connectivity index (χ2v) is 20.4. The first-order chi connectivity index (χ1) is 34.0. The molecule has 0 saturated heterocycles. The molecule has 0 atom stereocenters. The monoisotopic (exact) mass is 897 g/mol. The second-order valence-electron chi connectivity index (χ2n) is 19.5. The summed E-state index contributed by atoms with van der Waals surface area (Å²) in [4.78, 5) is 7.17. The number of thiazole rings is 1. The maximum atomic E-state index is 4.68. The molecular weight excluding hydrogens is 855 g/mol. The molecule has 0 aliphatic heterocycles. The van der Waals surface area contributed by atoms with Crippen LogP contribution in [0.15, 0.2) is 224 Å². The zero-order valence-electron chi connectivity index (χ0n) is 38.1. The molecule has 4 heteroatoms. The number of fused-ring (bicyclic) bond motifs is 17. The SMILES string of the molecule is CC1(C)c2cc(N(c3ccc(-c4ccccc4)cc3)c3ccc4c(c3)C3(c5ccccc5-c5ccccc53)c3ccccc3-4)ccc2-c2ccc(-n3c4ccccc4c4cc5ncsc5cc43)cc21. The highest BCUT2D eigenvalue weighted by Gasteiger charge is 2.51. The minimum atomic E-state index is -0.444. The van der Waals surface area contributed by atoms with Gasteiger partial charge in [-0.25, -0.2) is 4.98 Å². The Balaban J connectivity index is 0.908. The molecule has 3 aliphatic rings. The molecule has 2 heterocycles. The van der Waals surface area contributed by atoms with E-state index in [4.69, 9.17) is 0 Å². The van der Waals surface area contributed by atoms with Crippen LogP contribution in [0.2, 0.25) is 0 Å². The molecule has 2 aromatic heterocycles. The summed E-state index contributed by atoms with van der Waals surface area (Å²) < 4.78 is 3.66. The summed E-state index contributed by atoms with van der Waals surface area (Å²) in [5, 5.41) is 2.48. The van der Waals surface area contributed by atoms with Crippen molar-refractivity contribution in [2.45, 2.75) is 24.7 Å². The van der Waals surface area contributed by atoms with Crippen LogP contribution >= 0.6 is 11.3 Å². The molecule has 0 fully saturated rings. The van der Waals surface area contributed by atoms with Crippen LogP contribution in [0.4, 0.5) is 17.1 Å². The predicted octanol–water partition coefficient (Wildman–Crippen LogP) is 17.2. The van der Waals surface area contributed by atoms with Crippen molar-refractivity contribution in [3.63, 3.8) is 0 Å². The first kappa shape index (κ1) is 38.8. The molecule has 0 N–H and O–H groups in total. The maximum Gasteiger partial charge on any atom is 0.0819 e. The summed E-state index contributed by atoms with van der Waals surface area (Å²) in [7, 11) is 0. The lowest BCUT2D eigenvalue weighted by Crippen LogP contribution is -2.26.